The van der Waals surface area contributed by atoms with Crippen LogP contribution in [0.3, 0.4) is 0 Å². The van der Waals surface area contributed by atoms with Crippen LogP contribution in [0.5, 0.6) is 11.5 Å². The van der Waals surface area contributed by atoms with Crippen LogP contribution in [0.4, 0.5) is 5.69 Å². The number of carbonyl (C=O) groups excluding carboxylic acids is 1. The maximum atomic E-state index is 12.2. The molecule has 26 heavy (non-hydrogen) atoms. The molecule has 5 N–H and O–H groups in total. The van der Waals surface area contributed by atoms with Gasteiger partial charge in [-0.05, 0) is 6.07 Å². The molecule has 1 aromatic carbocycles. The number of nitrogens with two attached hydrogens (primary N) is 1. The highest BCUT2D eigenvalue weighted by molar-refractivity contribution is 6.04. The number of nitro benzene ring substituents is 1. The van der Waals surface area contributed by atoms with Gasteiger partial charge in [0.2, 0.25) is 5.75 Å². The van der Waals surface area contributed by atoms with Gasteiger partial charge in [-0.2, -0.15) is 5.26 Å². The van der Waals surface area contributed by atoms with E-state index < -0.39 is 39.3 Å². The van der Waals surface area contributed by atoms with Crippen LogP contribution in [0.15, 0.2) is 36.3 Å². The zero-order valence-electron chi connectivity index (χ0n) is 13.1. The third-order valence-electron chi connectivity index (χ3n) is 3.23. The Morgan fingerprint density at radius 2 is 2.12 bits per heavy atom. The number of benzene rings is 1. The van der Waals surface area contributed by atoms with Crippen LogP contribution in [-0.4, -0.2) is 31.0 Å². The topological polar surface area (TPSA) is 188 Å². The molecular weight excluding hydrogens is 344 g/mol. The normalized spacial score (nSPS) is 11.2. The van der Waals surface area contributed by atoms with E-state index in [1.165, 1.54) is 18.6 Å². The predicted molar refractivity (Wildman–Crippen MR) is 87.0 cm³/mol. The Morgan fingerprint density at radius 1 is 1.38 bits per heavy atom. The summed E-state index contributed by atoms with van der Waals surface area (Å²) in [6.07, 6.45) is 4.30. The number of aromatic nitrogens is 2. The number of nitro groups is 1. The smallest absolute Gasteiger partial charge is 0.315 e. The lowest BCUT2D eigenvalue weighted by molar-refractivity contribution is -0.386. The highest BCUT2D eigenvalue weighted by Gasteiger charge is 2.22. The van der Waals surface area contributed by atoms with Crippen LogP contribution >= 0.6 is 0 Å². The van der Waals surface area contributed by atoms with E-state index in [0.717, 1.165) is 12.1 Å². The maximum Gasteiger partial charge on any atom is 0.315 e. The Balaban J connectivity index is 2.34. The Kier molecular flexibility index (Phi) is 5.29. The summed E-state index contributed by atoms with van der Waals surface area (Å²) in [4.78, 5) is 29.9. The molecule has 0 spiro atoms. The van der Waals surface area contributed by atoms with Crippen LogP contribution in [0, 0.1) is 21.4 Å². The lowest BCUT2D eigenvalue weighted by Gasteiger charge is -2.08. The fourth-order valence-corrected chi connectivity index (χ4v) is 1.96. The van der Waals surface area contributed by atoms with Crippen LogP contribution in [0.25, 0.3) is 5.70 Å². The molecule has 11 nitrogen and oxygen atoms in total. The van der Waals surface area contributed by atoms with Crippen molar-refractivity contribution in [2.75, 3.05) is 0 Å². The quantitative estimate of drug-likeness (QED) is 0.192. The number of hydrogen-bond donors (Lipinski definition) is 4. The summed E-state index contributed by atoms with van der Waals surface area (Å²) in [5.74, 6) is -2.60. The van der Waals surface area contributed by atoms with Gasteiger partial charge in [-0.3, -0.25) is 24.9 Å². The minimum absolute atomic E-state index is 0.0217. The van der Waals surface area contributed by atoms with E-state index in [2.05, 4.69) is 15.3 Å². The number of phenolic OH excluding ortho intramolecular Hbond substituents is 2. The molecule has 0 bridgehead atoms. The molecule has 0 aliphatic rings. The Labute approximate surface area is 146 Å². The molecule has 11 heteroatoms. The number of amides is 1. The van der Waals surface area contributed by atoms with E-state index >= 15 is 0 Å². The van der Waals surface area contributed by atoms with Gasteiger partial charge in [-0.1, -0.05) is 0 Å². The Morgan fingerprint density at radius 3 is 2.69 bits per heavy atom. The van der Waals surface area contributed by atoms with Crippen molar-refractivity contribution >= 4 is 17.3 Å². The zero-order chi connectivity index (χ0) is 19.3. The van der Waals surface area contributed by atoms with Crippen molar-refractivity contribution in [3.8, 4) is 17.6 Å². The monoisotopic (exact) mass is 356 g/mol. The first-order valence-corrected chi connectivity index (χ1v) is 6.98. The van der Waals surface area contributed by atoms with Gasteiger partial charge in [0.25, 0.3) is 5.91 Å². The number of nitrogens with one attached hydrogen (secondary N) is 1. The van der Waals surface area contributed by atoms with Crippen molar-refractivity contribution in [2.24, 2.45) is 5.73 Å². The van der Waals surface area contributed by atoms with Gasteiger partial charge in [0, 0.05) is 24.0 Å². The maximum absolute atomic E-state index is 12.2. The molecular formula is C15H12N6O5. The largest absolute Gasteiger partial charge is 0.504 e. The van der Waals surface area contributed by atoms with Crippen molar-refractivity contribution < 1.29 is 19.9 Å². The lowest BCUT2D eigenvalue weighted by Crippen LogP contribution is -2.26. The molecule has 1 heterocycles. The van der Waals surface area contributed by atoms with Gasteiger partial charge < -0.3 is 21.3 Å². The second-order valence-corrected chi connectivity index (χ2v) is 4.90. The molecule has 0 aliphatic carbocycles. The van der Waals surface area contributed by atoms with E-state index in [4.69, 9.17) is 5.73 Å². The van der Waals surface area contributed by atoms with Gasteiger partial charge in [-0.15, -0.1) is 0 Å². The summed E-state index contributed by atoms with van der Waals surface area (Å²) in [5.41, 5.74) is 4.29. The molecule has 0 fully saturated rings. The fourth-order valence-electron chi connectivity index (χ4n) is 1.96. The summed E-state index contributed by atoms with van der Waals surface area (Å²) in [7, 11) is 0. The van der Waals surface area contributed by atoms with Crippen molar-refractivity contribution in [2.45, 2.75) is 6.54 Å². The first-order chi connectivity index (χ1) is 12.3. The zero-order valence-corrected chi connectivity index (χ0v) is 13.1. The Hall–Kier alpha value is -4.20. The number of hydrogen-bond acceptors (Lipinski definition) is 9. The Bertz CT molecular complexity index is 936. The van der Waals surface area contributed by atoms with Gasteiger partial charge in [0.15, 0.2) is 5.75 Å². The average molecular weight is 356 g/mol. The number of carbonyl (C=O) groups is 1. The summed E-state index contributed by atoms with van der Waals surface area (Å²) in [6.45, 7) is -0.0217. The van der Waals surface area contributed by atoms with Gasteiger partial charge >= 0.3 is 5.69 Å². The van der Waals surface area contributed by atoms with Gasteiger partial charge in [0.05, 0.1) is 29.1 Å². The van der Waals surface area contributed by atoms with Gasteiger partial charge in [-0.25, -0.2) is 0 Å². The van der Waals surface area contributed by atoms with Crippen molar-refractivity contribution in [1.82, 2.24) is 15.3 Å². The van der Waals surface area contributed by atoms with E-state index in [1.54, 1.807) is 6.07 Å². The number of phenols is 2. The van der Waals surface area contributed by atoms with Crippen LogP contribution in [0.1, 0.15) is 11.3 Å². The molecule has 1 aromatic heterocycles. The third kappa shape index (κ3) is 3.82. The fraction of sp³-hybridized carbons (Fsp3) is 0.0667. The van der Waals surface area contributed by atoms with Crippen LogP contribution in [0.2, 0.25) is 0 Å². The highest BCUT2D eigenvalue weighted by atomic mass is 16.6. The number of nitrogens with zero attached hydrogens (tertiary/aromatic N) is 4. The minimum Gasteiger partial charge on any atom is -0.504 e. The van der Waals surface area contributed by atoms with E-state index in [-0.39, 0.29) is 12.1 Å². The predicted octanol–water partition coefficient (Wildman–Crippen LogP) is 0.306. The van der Waals surface area contributed by atoms with Gasteiger partial charge in [0.1, 0.15) is 11.6 Å². The number of aromatic hydroxyl groups is 2. The number of nitriles is 1. The third-order valence-corrected chi connectivity index (χ3v) is 3.23. The van der Waals surface area contributed by atoms with Crippen LogP contribution < -0.4 is 11.1 Å². The van der Waals surface area contributed by atoms with Crippen molar-refractivity contribution in [3.05, 3.63) is 57.7 Å². The summed E-state index contributed by atoms with van der Waals surface area (Å²) in [5, 5.41) is 41.6. The molecule has 0 radical (unpaired) electrons. The highest BCUT2D eigenvalue weighted by Crippen LogP contribution is 2.37. The standard InChI is InChI=1S/C15H12N6O5/c16-5-10(15(24)20-7-9-6-18-1-2-19-9)13(17)8-3-11(21(25)26)14(23)12(22)4-8/h1-4,6,22-23H,7,17H2,(H,20,24)/b13-10-. The molecule has 2 aromatic rings. The molecule has 0 aliphatic heterocycles. The van der Waals surface area contributed by atoms with E-state index in [9.17, 15) is 30.4 Å². The molecule has 2 rings (SSSR count). The van der Waals surface area contributed by atoms with E-state index in [1.807, 2.05) is 0 Å². The molecule has 0 saturated carbocycles. The van der Waals surface area contributed by atoms with E-state index in [0.29, 0.717) is 5.69 Å². The second-order valence-electron chi connectivity index (χ2n) is 4.90. The first-order valence-electron chi connectivity index (χ1n) is 6.98. The van der Waals surface area contributed by atoms with Crippen molar-refractivity contribution in [1.29, 1.82) is 5.26 Å². The second kappa shape index (κ2) is 7.58. The SMILES string of the molecule is N#C/C(C(=O)NCc1cnccn1)=C(/N)c1cc(O)c(O)c([N+](=O)[O-])c1. The minimum atomic E-state index is -0.947. The molecule has 0 saturated heterocycles. The summed E-state index contributed by atoms with van der Waals surface area (Å²) in [6, 6.07) is 3.36. The number of rotatable bonds is 5. The molecule has 1 amide bonds. The van der Waals surface area contributed by atoms with Crippen molar-refractivity contribution in [3.63, 3.8) is 0 Å². The lowest BCUT2D eigenvalue weighted by atomic mass is 10.1. The first kappa shape index (κ1) is 18.1. The summed E-state index contributed by atoms with van der Waals surface area (Å²) < 4.78 is 0. The molecule has 0 atom stereocenters. The average Bonchev–Trinajstić information content (AvgIpc) is 2.63. The summed E-state index contributed by atoms with van der Waals surface area (Å²) >= 11 is 0. The van der Waals surface area contributed by atoms with Crippen LogP contribution in [-0.2, 0) is 11.3 Å². The molecule has 0 unspecified atom stereocenters. The molecule has 132 valence electrons.